The minimum absolute atomic E-state index is 0.0584. The van der Waals surface area contributed by atoms with Crippen molar-refractivity contribution in [3.63, 3.8) is 0 Å². The molecule has 7 atom stereocenters. The van der Waals surface area contributed by atoms with E-state index < -0.39 is 47.7 Å². The van der Waals surface area contributed by atoms with Gasteiger partial charge in [-0.2, -0.15) is 0 Å². The van der Waals surface area contributed by atoms with Crippen LogP contribution < -0.4 is 5.32 Å². The first kappa shape index (κ1) is 31.9. The predicted octanol–water partition coefficient (Wildman–Crippen LogP) is 3.07. The van der Waals surface area contributed by atoms with Crippen molar-refractivity contribution in [3.8, 4) is 0 Å². The molecule has 1 aromatic rings. The van der Waals surface area contributed by atoms with E-state index in [-0.39, 0.29) is 30.7 Å². The maximum atomic E-state index is 14.4. The van der Waals surface area contributed by atoms with E-state index in [0.29, 0.717) is 45.3 Å². The van der Waals surface area contributed by atoms with E-state index in [0.717, 1.165) is 18.4 Å². The summed E-state index contributed by atoms with van der Waals surface area (Å²) in [7, 11) is 0. The molecule has 4 aliphatic rings. The number of nitrogens with one attached hydrogen (secondary N) is 1. The van der Waals surface area contributed by atoms with Crippen LogP contribution in [0.4, 0.5) is 0 Å². The number of carbonyl (C=O) groups is 4. The first-order valence-electron chi connectivity index (χ1n) is 16.1. The van der Waals surface area contributed by atoms with E-state index >= 15 is 0 Å². The van der Waals surface area contributed by atoms with Crippen LogP contribution in [0.5, 0.6) is 0 Å². The van der Waals surface area contributed by atoms with Gasteiger partial charge in [-0.15, -0.1) is 0 Å². The number of carbonyl (C=O) groups excluding carboxylic acids is 4. The molecule has 238 valence electrons. The van der Waals surface area contributed by atoms with Crippen LogP contribution in [0.25, 0.3) is 0 Å². The summed E-state index contributed by atoms with van der Waals surface area (Å²) in [5, 5.41) is 12.3. The minimum Gasteiger partial charge on any atom is -0.455 e. The maximum absolute atomic E-state index is 14.4. The molecule has 44 heavy (non-hydrogen) atoms. The molecule has 1 spiro atoms. The zero-order valence-corrected chi connectivity index (χ0v) is 25.7. The van der Waals surface area contributed by atoms with E-state index in [1.54, 1.807) is 22.8 Å². The summed E-state index contributed by atoms with van der Waals surface area (Å²) >= 11 is 0. The molecule has 0 saturated carbocycles. The normalized spacial score (nSPS) is 33.0. The van der Waals surface area contributed by atoms with Crippen molar-refractivity contribution in [2.45, 2.75) is 88.7 Å². The van der Waals surface area contributed by atoms with Gasteiger partial charge in [0.25, 0.3) is 0 Å². The predicted molar refractivity (Wildman–Crippen MR) is 163 cm³/mol. The van der Waals surface area contributed by atoms with Gasteiger partial charge in [-0.25, -0.2) is 0 Å². The zero-order valence-electron chi connectivity index (χ0n) is 25.7. The van der Waals surface area contributed by atoms with Gasteiger partial charge < -0.3 is 29.7 Å². The number of benzene rings is 1. The molecule has 2 saturated heterocycles. The number of hydrogen-bond donors (Lipinski definition) is 2. The second kappa shape index (κ2) is 14.1. The lowest BCUT2D eigenvalue weighted by atomic mass is 9.74. The number of esters is 1. The lowest BCUT2D eigenvalue weighted by Gasteiger charge is -2.36. The molecule has 4 aliphatic heterocycles. The molecule has 1 aromatic carbocycles. The summed E-state index contributed by atoms with van der Waals surface area (Å²) in [4.78, 5) is 59.0. The van der Waals surface area contributed by atoms with Crippen LogP contribution in [0, 0.1) is 11.8 Å². The van der Waals surface area contributed by atoms with Crippen LogP contribution in [0.15, 0.2) is 54.6 Å². The van der Waals surface area contributed by atoms with Gasteiger partial charge in [0.15, 0.2) is 0 Å². The molecule has 2 fully saturated rings. The number of likely N-dealkylation sites (tertiary alicyclic amines) is 1. The van der Waals surface area contributed by atoms with Crippen LogP contribution in [-0.4, -0.2) is 88.6 Å². The molecular formula is C34H45N3O7. The van der Waals surface area contributed by atoms with Crippen LogP contribution in [-0.2, 0) is 28.7 Å². The highest BCUT2D eigenvalue weighted by Gasteiger charge is 2.73. The van der Waals surface area contributed by atoms with Crippen LogP contribution in [0.2, 0.25) is 0 Å². The highest BCUT2D eigenvalue weighted by molar-refractivity contribution is 5.99. The Morgan fingerprint density at radius 1 is 1.00 bits per heavy atom. The Morgan fingerprint density at radius 3 is 2.55 bits per heavy atom. The molecule has 5 rings (SSSR count). The third-order valence-corrected chi connectivity index (χ3v) is 9.27. The number of amides is 3. The summed E-state index contributed by atoms with van der Waals surface area (Å²) in [6, 6.07) is 7.81. The van der Waals surface area contributed by atoms with Gasteiger partial charge in [-0.3, -0.25) is 19.2 Å². The molecule has 3 amide bonds. The van der Waals surface area contributed by atoms with E-state index in [1.165, 1.54) is 0 Å². The number of unbranched alkanes of at least 4 members (excludes halogenated alkanes) is 3. The monoisotopic (exact) mass is 607 g/mol. The van der Waals surface area contributed by atoms with Crippen molar-refractivity contribution in [2.75, 3.05) is 26.2 Å². The Kier molecular flexibility index (Phi) is 10.2. The Morgan fingerprint density at radius 2 is 1.80 bits per heavy atom. The molecule has 5 bridgehead atoms. The number of aliphatic hydroxyl groups excluding tert-OH is 1. The van der Waals surface area contributed by atoms with E-state index in [1.807, 2.05) is 48.6 Å². The SMILES string of the molecule is CCCCN1C/C=C\CCC(=O)N[C@H](C)[C@@H](c2ccccc2)OC(=O)[C@@H]2[C@@H]3C=C[C@]4(O3)[C@H](C1=O)N(CCCCCO)C(=O)[C@@H]24. The fourth-order valence-corrected chi connectivity index (χ4v) is 7.08. The third-order valence-electron chi connectivity index (χ3n) is 9.27. The van der Waals surface area contributed by atoms with Crippen molar-refractivity contribution < 1.29 is 33.8 Å². The summed E-state index contributed by atoms with van der Waals surface area (Å²) in [5.41, 5.74) is -0.548. The van der Waals surface area contributed by atoms with E-state index in [2.05, 4.69) is 12.2 Å². The average Bonchev–Trinajstić information content (AvgIpc) is 3.66. The van der Waals surface area contributed by atoms with Crippen molar-refractivity contribution in [1.82, 2.24) is 15.1 Å². The molecule has 10 heteroatoms. The number of allylic oxidation sites excluding steroid dienone is 1. The highest BCUT2D eigenvalue weighted by atomic mass is 16.6. The molecular weight excluding hydrogens is 562 g/mol. The fourth-order valence-electron chi connectivity index (χ4n) is 7.08. The Labute approximate surface area is 259 Å². The van der Waals surface area contributed by atoms with Gasteiger partial charge in [0.2, 0.25) is 17.7 Å². The lowest BCUT2D eigenvalue weighted by molar-refractivity contribution is -0.161. The number of rotatable bonds is 9. The Balaban J connectivity index is 1.54. The Bertz CT molecular complexity index is 1270. The second-order valence-corrected chi connectivity index (χ2v) is 12.3. The van der Waals surface area contributed by atoms with Crippen molar-refractivity contribution >= 4 is 23.7 Å². The number of cyclic esters (lactones) is 1. The molecule has 2 N–H and O–H groups in total. The molecule has 4 heterocycles. The van der Waals surface area contributed by atoms with Gasteiger partial charge in [-0.1, -0.05) is 68.0 Å². The summed E-state index contributed by atoms with van der Waals surface area (Å²) in [6.07, 6.45) is 10.3. The van der Waals surface area contributed by atoms with Gasteiger partial charge in [0.1, 0.15) is 23.7 Å². The fraction of sp³-hybridized carbons (Fsp3) is 0.588. The number of nitrogens with zero attached hydrogens (tertiary/aromatic N) is 2. The number of fused-ring (bicyclic) bond motifs is 2. The average molecular weight is 608 g/mol. The van der Waals surface area contributed by atoms with Crippen molar-refractivity contribution in [1.29, 1.82) is 0 Å². The Hall–Kier alpha value is -3.50. The molecule has 10 nitrogen and oxygen atoms in total. The van der Waals surface area contributed by atoms with Crippen LogP contribution in [0.3, 0.4) is 0 Å². The minimum atomic E-state index is -1.27. The topological polar surface area (TPSA) is 125 Å². The van der Waals surface area contributed by atoms with E-state index in [9.17, 15) is 24.3 Å². The smallest absolute Gasteiger partial charge is 0.313 e. The summed E-state index contributed by atoms with van der Waals surface area (Å²) in [6.45, 7) is 5.10. The van der Waals surface area contributed by atoms with E-state index in [4.69, 9.17) is 9.47 Å². The first-order chi connectivity index (χ1) is 21.3. The number of ether oxygens (including phenoxy) is 2. The van der Waals surface area contributed by atoms with Gasteiger partial charge in [-0.05, 0) is 44.6 Å². The lowest BCUT2D eigenvalue weighted by Crippen LogP contribution is -2.56. The second-order valence-electron chi connectivity index (χ2n) is 12.3. The highest BCUT2D eigenvalue weighted by Crippen LogP contribution is 2.56. The first-order valence-corrected chi connectivity index (χ1v) is 16.1. The summed E-state index contributed by atoms with van der Waals surface area (Å²) < 4.78 is 12.7. The van der Waals surface area contributed by atoms with Gasteiger partial charge in [0, 0.05) is 32.7 Å². The zero-order chi connectivity index (χ0) is 31.3. The molecule has 0 radical (unpaired) electrons. The van der Waals surface area contributed by atoms with Crippen LogP contribution in [0.1, 0.15) is 70.5 Å². The standard InChI is InChI=1S/C34H45N3O7/c1-3-4-19-36-20-11-6-10-16-26(39)35-23(2)29(24-14-8-5-9-15-24)43-33(42)27-25-17-18-34(44-25)28(27)31(40)37(30(34)32(36)41)21-12-7-13-22-38/h5-6,8-9,11,14-15,17-18,23,25,27-30,38H,3-4,7,10,12-13,16,19-22H2,1-2H3,(H,35,39)/b11-6-/t23-,25+,27-,28-,29+,30+,34-/m1/s1. The van der Waals surface area contributed by atoms with Crippen molar-refractivity contribution in [2.24, 2.45) is 11.8 Å². The third kappa shape index (κ3) is 6.19. The van der Waals surface area contributed by atoms with Crippen molar-refractivity contribution in [3.05, 3.63) is 60.2 Å². The largest absolute Gasteiger partial charge is 0.455 e. The number of aliphatic hydroxyl groups is 1. The molecule has 0 unspecified atom stereocenters. The number of hydrogen-bond acceptors (Lipinski definition) is 7. The quantitative estimate of drug-likeness (QED) is 0.251. The van der Waals surface area contributed by atoms with Gasteiger partial charge >= 0.3 is 5.97 Å². The molecule has 0 aromatic heterocycles. The molecule has 0 aliphatic carbocycles. The maximum Gasteiger partial charge on any atom is 0.313 e. The van der Waals surface area contributed by atoms with Gasteiger partial charge in [0.05, 0.1) is 18.1 Å². The summed E-state index contributed by atoms with van der Waals surface area (Å²) in [5.74, 6) is -3.09. The van der Waals surface area contributed by atoms with Crippen LogP contribution >= 0.6 is 0 Å².